The number of carbonyl (C=O) groups excluding carboxylic acids is 1. The highest BCUT2D eigenvalue weighted by atomic mass is 32.1. The first-order valence-electron chi connectivity index (χ1n) is 12.2. The molecule has 9 nitrogen and oxygen atoms in total. The number of hydrogen-bond acceptors (Lipinski definition) is 8. The van der Waals surface area contributed by atoms with Crippen molar-refractivity contribution >= 4 is 17.2 Å². The van der Waals surface area contributed by atoms with E-state index in [-0.39, 0.29) is 11.5 Å². The molecule has 10 heteroatoms. The van der Waals surface area contributed by atoms with Crippen molar-refractivity contribution in [2.45, 2.75) is 26.3 Å². The van der Waals surface area contributed by atoms with Crippen molar-refractivity contribution in [3.8, 4) is 39.1 Å². The lowest BCUT2D eigenvalue weighted by Gasteiger charge is -2.15. The number of benzene rings is 2. The monoisotopic (exact) mass is 534 g/mol. The van der Waals surface area contributed by atoms with Gasteiger partial charge in [-0.25, -0.2) is 9.67 Å². The zero-order valence-corrected chi connectivity index (χ0v) is 22.6. The van der Waals surface area contributed by atoms with Crippen molar-refractivity contribution < 1.29 is 19.0 Å². The van der Waals surface area contributed by atoms with Gasteiger partial charge < -0.3 is 19.5 Å². The lowest BCUT2D eigenvalue weighted by molar-refractivity contribution is -0.124. The van der Waals surface area contributed by atoms with Gasteiger partial charge in [-0.1, -0.05) is 0 Å². The van der Waals surface area contributed by atoms with Gasteiger partial charge in [-0.05, 0) is 62.4 Å². The van der Waals surface area contributed by atoms with E-state index in [0.717, 1.165) is 27.6 Å². The van der Waals surface area contributed by atoms with Gasteiger partial charge in [0.25, 0.3) is 5.56 Å². The van der Waals surface area contributed by atoms with Crippen molar-refractivity contribution in [2.75, 3.05) is 27.4 Å². The molecule has 2 aromatic carbocycles. The zero-order valence-electron chi connectivity index (χ0n) is 21.8. The molecule has 0 aliphatic rings. The normalized spacial score (nSPS) is 11.6. The van der Waals surface area contributed by atoms with Crippen LogP contribution in [0.25, 0.3) is 21.8 Å². The molecule has 0 saturated carbocycles. The van der Waals surface area contributed by atoms with Gasteiger partial charge in [-0.2, -0.15) is 5.10 Å². The minimum atomic E-state index is -0.775. The second kappa shape index (κ2) is 12.4. The third kappa shape index (κ3) is 6.20. The number of carbonyl (C=O) groups is 1. The van der Waals surface area contributed by atoms with Gasteiger partial charge in [-0.15, -0.1) is 11.3 Å². The molecule has 1 N–H and O–H groups in total. The molecule has 1 atom stereocenters. The van der Waals surface area contributed by atoms with E-state index in [1.807, 2.05) is 54.8 Å². The smallest absolute Gasteiger partial charge is 0.267 e. The molecule has 198 valence electrons. The molecular formula is C28H30N4O5S. The molecule has 0 spiro atoms. The summed E-state index contributed by atoms with van der Waals surface area (Å²) in [4.78, 5) is 30.0. The van der Waals surface area contributed by atoms with E-state index in [1.165, 1.54) is 22.1 Å². The minimum Gasteiger partial charge on any atom is -0.494 e. The van der Waals surface area contributed by atoms with Gasteiger partial charge >= 0.3 is 0 Å². The van der Waals surface area contributed by atoms with Crippen LogP contribution in [-0.2, 0) is 11.2 Å². The third-order valence-electron chi connectivity index (χ3n) is 5.90. The first-order chi connectivity index (χ1) is 18.4. The Balaban J connectivity index is 1.37. The number of thiazole rings is 1. The number of nitrogens with one attached hydrogen (secondary N) is 1. The summed E-state index contributed by atoms with van der Waals surface area (Å²) < 4.78 is 17.4. The standard InChI is InChI=1S/C28H30N4O5S/c1-5-37-22-9-6-19(7-10-22)23-11-13-26(33)32(31-23)18(2)27(34)29-15-14-21-17-38-28(30-21)20-8-12-24(35-3)25(16-20)36-4/h6-13,16-18H,5,14-15H2,1-4H3,(H,29,34). The molecule has 0 radical (unpaired) electrons. The predicted molar refractivity (Wildman–Crippen MR) is 147 cm³/mol. The number of aromatic nitrogens is 3. The van der Waals surface area contributed by atoms with Crippen LogP contribution >= 0.6 is 11.3 Å². The summed E-state index contributed by atoms with van der Waals surface area (Å²) in [6.07, 6.45) is 0.552. The Morgan fingerprint density at radius 1 is 1.03 bits per heavy atom. The average molecular weight is 535 g/mol. The van der Waals surface area contributed by atoms with Crippen LogP contribution in [0.2, 0.25) is 0 Å². The Kier molecular flexibility index (Phi) is 8.75. The van der Waals surface area contributed by atoms with Crippen molar-refractivity contribution in [3.05, 3.63) is 76.0 Å². The maximum Gasteiger partial charge on any atom is 0.267 e. The highest BCUT2D eigenvalue weighted by Gasteiger charge is 2.18. The van der Waals surface area contributed by atoms with Gasteiger partial charge in [0, 0.05) is 35.5 Å². The highest BCUT2D eigenvalue weighted by Crippen LogP contribution is 2.33. The van der Waals surface area contributed by atoms with E-state index in [4.69, 9.17) is 14.2 Å². The summed E-state index contributed by atoms with van der Waals surface area (Å²) in [6, 6.07) is 15.4. The lowest BCUT2D eigenvalue weighted by atomic mass is 10.1. The zero-order chi connectivity index (χ0) is 27.1. The molecule has 38 heavy (non-hydrogen) atoms. The molecule has 4 rings (SSSR count). The van der Waals surface area contributed by atoms with Crippen molar-refractivity contribution in [2.24, 2.45) is 0 Å². The van der Waals surface area contributed by atoms with E-state index in [0.29, 0.717) is 36.8 Å². The van der Waals surface area contributed by atoms with E-state index in [1.54, 1.807) is 27.2 Å². The lowest BCUT2D eigenvalue weighted by Crippen LogP contribution is -2.37. The van der Waals surface area contributed by atoms with Crippen molar-refractivity contribution in [1.29, 1.82) is 0 Å². The molecule has 2 aromatic heterocycles. The van der Waals surface area contributed by atoms with Gasteiger partial charge in [-0.3, -0.25) is 9.59 Å². The van der Waals surface area contributed by atoms with E-state index in [2.05, 4.69) is 15.4 Å². The van der Waals surface area contributed by atoms with Crippen molar-refractivity contribution in [1.82, 2.24) is 20.1 Å². The number of amides is 1. The van der Waals surface area contributed by atoms with Crippen molar-refractivity contribution in [3.63, 3.8) is 0 Å². The van der Waals surface area contributed by atoms with Gasteiger partial charge in [0.1, 0.15) is 16.8 Å². The Morgan fingerprint density at radius 3 is 2.47 bits per heavy atom. The Morgan fingerprint density at radius 2 is 1.76 bits per heavy atom. The molecule has 0 aliphatic carbocycles. The first-order valence-corrected chi connectivity index (χ1v) is 13.1. The van der Waals surface area contributed by atoms with Crippen LogP contribution in [0.1, 0.15) is 25.6 Å². The summed E-state index contributed by atoms with van der Waals surface area (Å²) in [5.41, 5.74) is 2.86. The van der Waals surface area contributed by atoms with Crippen LogP contribution in [-0.4, -0.2) is 48.0 Å². The topological polar surface area (TPSA) is 105 Å². The molecule has 0 saturated heterocycles. The van der Waals surface area contributed by atoms with Gasteiger partial charge in [0.15, 0.2) is 11.5 Å². The van der Waals surface area contributed by atoms with Crippen LogP contribution < -0.4 is 25.1 Å². The van der Waals surface area contributed by atoms with E-state index < -0.39 is 6.04 Å². The van der Waals surface area contributed by atoms with Crippen LogP contribution in [0.15, 0.2) is 64.8 Å². The second-order valence-corrected chi connectivity index (χ2v) is 9.25. The maximum atomic E-state index is 12.8. The Hall–Kier alpha value is -4.18. The summed E-state index contributed by atoms with van der Waals surface area (Å²) >= 11 is 1.52. The second-order valence-electron chi connectivity index (χ2n) is 8.39. The number of nitrogens with zero attached hydrogens (tertiary/aromatic N) is 3. The minimum absolute atomic E-state index is 0.293. The highest BCUT2D eigenvalue weighted by molar-refractivity contribution is 7.13. The number of hydrogen-bond donors (Lipinski definition) is 1. The fourth-order valence-corrected chi connectivity index (χ4v) is 4.69. The summed E-state index contributed by atoms with van der Waals surface area (Å²) in [5, 5.41) is 10.1. The number of ether oxygens (including phenoxy) is 3. The van der Waals surface area contributed by atoms with Crippen LogP contribution in [0.4, 0.5) is 0 Å². The summed E-state index contributed by atoms with van der Waals surface area (Å²) in [7, 11) is 3.19. The molecule has 0 fully saturated rings. The molecule has 4 aromatic rings. The molecule has 1 amide bonds. The van der Waals surface area contributed by atoms with Gasteiger partial charge in [0.05, 0.1) is 32.2 Å². The molecule has 0 bridgehead atoms. The number of methoxy groups -OCH3 is 2. The molecule has 1 unspecified atom stereocenters. The number of rotatable bonds is 11. The summed E-state index contributed by atoms with van der Waals surface area (Å²) in [6.45, 7) is 4.54. The quantitative estimate of drug-likeness (QED) is 0.305. The molecule has 2 heterocycles. The van der Waals surface area contributed by atoms with Crippen LogP contribution in [0.3, 0.4) is 0 Å². The first kappa shape index (κ1) is 26.9. The largest absolute Gasteiger partial charge is 0.494 e. The fraction of sp³-hybridized carbons (Fsp3) is 0.286. The van der Waals surface area contributed by atoms with Crippen LogP contribution in [0, 0.1) is 0 Å². The predicted octanol–water partition coefficient (Wildman–Crippen LogP) is 4.37. The fourth-order valence-electron chi connectivity index (χ4n) is 3.84. The Labute approximate surface area is 225 Å². The molecule has 0 aliphatic heterocycles. The summed E-state index contributed by atoms with van der Waals surface area (Å²) in [5.74, 6) is 1.76. The van der Waals surface area contributed by atoms with Gasteiger partial charge in [0.2, 0.25) is 5.91 Å². The average Bonchev–Trinajstić information content (AvgIpc) is 3.42. The SMILES string of the molecule is CCOc1ccc(-c2ccc(=O)n(C(C)C(=O)NCCc3csc(-c4ccc(OC)c(OC)c4)n3)n2)cc1. The third-order valence-corrected chi connectivity index (χ3v) is 6.84. The van der Waals surface area contributed by atoms with Crippen LogP contribution in [0.5, 0.6) is 17.2 Å². The Bertz CT molecular complexity index is 1450. The molecular weight excluding hydrogens is 504 g/mol. The van der Waals surface area contributed by atoms with E-state index >= 15 is 0 Å². The maximum absolute atomic E-state index is 12.8. The van der Waals surface area contributed by atoms with E-state index in [9.17, 15) is 9.59 Å².